The van der Waals surface area contributed by atoms with Gasteiger partial charge in [0.25, 0.3) is 5.91 Å². The van der Waals surface area contributed by atoms with Gasteiger partial charge in [-0.1, -0.05) is 5.16 Å². The van der Waals surface area contributed by atoms with Crippen molar-refractivity contribution in [3.05, 3.63) is 77.0 Å². The molecular weight excluding hydrogens is 568 g/mol. The summed E-state index contributed by atoms with van der Waals surface area (Å²) < 4.78 is 61.1. The highest BCUT2D eigenvalue weighted by Gasteiger charge is 2.49. The number of aliphatic hydroxyl groups is 1. The van der Waals surface area contributed by atoms with Gasteiger partial charge in [-0.15, -0.1) is 0 Å². The zero-order valence-electron chi connectivity index (χ0n) is 24.1. The monoisotopic (exact) mass is 602 g/mol. The van der Waals surface area contributed by atoms with E-state index in [2.05, 4.69) is 20.7 Å². The van der Waals surface area contributed by atoms with E-state index in [0.717, 1.165) is 37.1 Å². The number of benzene rings is 2. The molecule has 3 N–H and O–H groups in total. The van der Waals surface area contributed by atoms with E-state index in [-0.39, 0.29) is 35.0 Å². The summed E-state index contributed by atoms with van der Waals surface area (Å²) in [4.78, 5) is 28.8. The fraction of sp³-hybridized carbons (Fsp3) is 0.452. The van der Waals surface area contributed by atoms with Crippen molar-refractivity contribution < 1.29 is 36.8 Å². The van der Waals surface area contributed by atoms with Crippen LogP contribution in [0.15, 0.2) is 47.0 Å². The Kier molecular flexibility index (Phi) is 8.12. The first kappa shape index (κ1) is 30.7. The molecule has 1 saturated carbocycles. The Balaban J connectivity index is 1.33. The van der Waals surface area contributed by atoms with Crippen LogP contribution in [0.1, 0.15) is 68.9 Å². The van der Waals surface area contributed by atoms with Crippen molar-refractivity contribution in [1.29, 1.82) is 0 Å². The van der Waals surface area contributed by atoms with Crippen LogP contribution in [0, 0.1) is 23.3 Å². The smallest absolute Gasteiger partial charge is 0.274 e. The highest BCUT2D eigenvalue weighted by molar-refractivity contribution is 5.94. The second kappa shape index (κ2) is 11.4. The maximum absolute atomic E-state index is 14.5. The molecule has 2 aliphatic rings. The van der Waals surface area contributed by atoms with E-state index in [1.54, 1.807) is 20.8 Å². The Hall–Kier alpha value is -3.77. The third-order valence-corrected chi connectivity index (χ3v) is 8.43. The fourth-order valence-corrected chi connectivity index (χ4v) is 6.06. The molecule has 2 heterocycles. The molecule has 2 aromatic carbocycles. The summed E-state index contributed by atoms with van der Waals surface area (Å²) in [6, 6.07) is 7.33. The Bertz CT molecular complexity index is 1520. The Labute approximate surface area is 246 Å². The lowest BCUT2D eigenvalue weighted by Crippen LogP contribution is -2.73. The van der Waals surface area contributed by atoms with Crippen LogP contribution in [0.3, 0.4) is 0 Å². The second-order valence-electron chi connectivity index (χ2n) is 12.5. The molecule has 0 bridgehead atoms. The molecule has 8 nitrogen and oxygen atoms in total. The molecule has 2 amide bonds. The average molecular weight is 603 g/mol. The highest BCUT2D eigenvalue weighted by atomic mass is 19.1. The standard InChI is InChI=1S/C31H34F4N4O4/c1-29(2,22-12-18(32)5-7-23(22)34)36-27(40)15-31(16-39(17-31)20-8-10-30(3,42)11-9-20)37-28(41)25-14-26(43-38-25)21-6-4-19(33)13-24(21)35/h4-7,12-14,20,42H,8-11,15-17H2,1-3H3,(H,36,40)(H,37,41). The number of nitrogens with one attached hydrogen (secondary N) is 2. The van der Waals surface area contributed by atoms with Crippen LogP contribution in [-0.2, 0) is 10.3 Å². The average Bonchev–Trinajstić information content (AvgIpc) is 3.38. The first-order valence-electron chi connectivity index (χ1n) is 14.1. The Morgan fingerprint density at radius 1 is 1.02 bits per heavy atom. The zero-order valence-corrected chi connectivity index (χ0v) is 24.1. The number of rotatable bonds is 8. The molecule has 1 aliphatic heterocycles. The molecule has 2 fully saturated rings. The van der Waals surface area contributed by atoms with Gasteiger partial charge >= 0.3 is 0 Å². The molecule has 0 radical (unpaired) electrons. The van der Waals surface area contributed by atoms with E-state index >= 15 is 0 Å². The van der Waals surface area contributed by atoms with Gasteiger partial charge in [-0.2, -0.15) is 0 Å². The van der Waals surface area contributed by atoms with Crippen LogP contribution < -0.4 is 10.6 Å². The van der Waals surface area contributed by atoms with Gasteiger partial charge in [-0.3, -0.25) is 14.5 Å². The SMILES string of the molecule is CC1(O)CCC(N2CC(CC(=O)NC(C)(C)c3cc(F)ccc3F)(NC(=O)c3cc(-c4ccc(F)cc4F)on3)C2)CC1. The quantitative estimate of drug-likeness (QED) is 0.320. The van der Waals surface area contributed by atoms with Crippen LogP contribution in [0.25, 0.3) is 11.3 Å². The number of carbonyl (C=O) groups is 2. The van der Waals surface area contributed by atoms with Crippen LogP contribution >= 0.6 is 0 Å². The molecule has 1 aliphatic carbocycles. The van der Waals surface area contributed by atoms with Crippen molar-refractivity contribution in [2.24, 2.45) is 0 Å². The maximum atomic E-state index is 14.5. The lowest BCUT2D eigenvalue weighted by atomic mass is 9.78. The van der Waals surface area contributed by atoms with Gasteiger partial charge in [0, 0.05) is 36.8 Å². The summed E-state index contributed by atoms with van der Waals surface area (Å²) in [6.07, 6.45) is 2.60. The summed E-state index contributed by atoms with van der Waals surface area (Å²) >= 11 is 0. The summed E-state index contributed by atoms with van der Waals surface area (Å²) in [5, 5.41) is 19.8. The van der Waals surface area contributed by atoms with Crippen molar-refractivity contribution in [2.45, 2.75) is 75.6 Å². The lowest BCUT2D eigenvalue weighted by molar-refractivity contribution is -0.127. The van der Waals surface area contributed by atoms with Crippen molar-refractivity contribution in [3.8, 4) is 11.3 Å². The second-order valence-corrected chi connectivity index (χ2v) is 12.5. The molecule has 5 rings (SSSR count). The molecule has 0 atom stereocenters. The van der Waals surface area contributed by atoms with E-state index in [1.807, 2.05) is 0 Å². The van der Waals surface area contributed by atoms with E-state index in [9.17, 15) is 32.3 Å². The van der Waals surface area contributed by atoms with Crippen molar-refractivity contribution in [2.75, 3.05) is 13.1 Å². The predicted molar refractivity (Wildman–Crippen MR) is 149 cm³/mol. The van der Waals surface area contributed by atoms with Crippen LogP contribution in [0.2, 0.25) is 0 Å². The van der Waals surface area contributed by atoms with Crippen molar-refractivity contribution >= 4 is 11.8 Å². The number of nitrogens with zero attached hydrogens (tertiary/aromatic N) is 2. The topological polar surface area (TPSA) is 108 Å². The van der Waals surface area contributed by atoms with E-state index in [1.165, 1.54) is 12.1 Å². The molecule has 3 aromatic rings. The number of hydrogen-bond acceptors (Lipinski definition) is 6. The molecule has 0 spiro atoms. The molecule has 230 valence electrons. The minimum Gasteiger partial charge on any atom is -0.390 e. The highest BCUT2D eigenvalue weighted by Crippen LogP contribution is 2.37. The van der Waals surface area contributed by atoms with Gasteiger partial charge < -0.3 is 20.3 Å². The number of halogens is 4. The maximum Gasteiger partial charge on any atom is 0.274 e. The number of aromatic nitrogens is 1. The summed E-state index contributed by atoms with van der Waals surface area (Å²) in [6.45, 7) is 5.57. The van der Waals surface area contributed by atoms with Gasteiger partial charge in [-0.25, -0.2) is 17.6 Å². The summed E-state index contributed by atoms with van der Waals surface area (Å²) in [7, 11) is 0. The molecule has 1 aromatic heterocycles. The van der Waals surface area contributed by atoms with Crippen molar-refractivity contribution in [1.82, 2.24) is 20.7 Å². The normalized spacial score (nSPS) is 22.1. The van der Waals surface area contributed by atoms with Crippen LogP contribution in [-0.4, -0.2) is 57.2 Å². The molecule has 43 heavy (non-hydrogen) atoms. The Morgan fingerprint density at radius 2 is 1.67 bits per heavy atom. The number of carbonyl (C=O) groups excluding carboxylic acids is 2. The van der Waals surface area contributed by atoms with Gasteiger partial charge in [0.1, 0.15) is 23.3 Å². The van der Waals surface area contributed by atoms with Crippen LogP contribution in [0.5, 0.6) is 0 Å². The molecule has 1 saturated heterocycles. The number of amides is 2. The largest absolute Gasteiger partial charge is 0.390 e. The predicted octanol–water partition coefficient (Wildman–Crippen LogP) is 4.82. The van der Waals surface area contributed by atoms with E-state index < -0.39 is 51.8 Å². The Morgan fingerprint density at radius 3 is 2.35 bits per heavy atom. The van der Waals surface area contributed by atoms with Gasteiger partial charge in [0.15, 0.2) is 11.5 Å². The van der Waals surface area contributed by atoms with E-state index in [4.69, 9.17) is 4.52 Å². The summed E-state index contributed by atoms with van der Waals surface area (Å²) in [5.41, 5.74) is -3.26. The van der Waals surface area contributed by atoms with E-state index in [0.29, 0.717) is 32.0 Å². The van der Waals surface area contributed by atoms with Gasteiger partial charge in [0.2, 0.25) is 5.91 Å². The first-order chi connectivity index (χ1) is 20.2. The number of likely N-dealkylation sites (tertiary alicyclic amines) is 1. The first-order valence-corrected chi connectivity index (χ1v) is 14.1. The molecular formula is C31H34F4N4O4. The minimum atomic E-state index is -1.26. The fourth-order valence-electron chi connectivity index (χ4n) is 6.06. The third kappa shape index (κ3) is 6.75. The lowest BCUT2D eigenvalue weighted by Gasteiger charge is -2.54. The number of hydrogen-bond donors (Lipinski definition) is 3. The zero-order chi connectivity index (χ0) is 31.2. The molecule has 12 heteroatoms. The molecule has 0 unspecified atom stereocenters. The van der Waals surface area contributed by atoms with Crippen LogP contribution in [0.4, 0.5) is 17.6 Å². The third-order valence-electron chi connectivity index (χ3n) is 8.43. The summed E-state index contributed by atoms with van der Waals surface area (Å²) in [5.74, 6) is -4.18. The van der Waals surface area contributed by atoms with Gasteiger partial charge in [-0.05, 0) is 76.8 Å². The van der Waals surface area contributed by atoms with Gasteiger partial charge in [0.05, 0.1) is 28.7 Å². The minimum absolute atomic E-state index is 0.0217. The van der Waals surface area contributed by atoms with Crippen molar-refractivity contribution in [3.63, 3.8) is 0 Å².